The van der Waals surface area contributed by atoms with E-state index >= 15 is 0 Å². The minimum Gasteiger partial charge on any atom is -0.338 e. The molecule has 6 heteroatoms. The van der Waals surface area contributed by atoms with Crippen LogP contribution in [0.3, 0.4) is 0 Å². The summed E-state index contributed by atoms with van der Waals surface area (Å²) >= 11 is 0. The first kappa shape index (κ1) is 15.6. The molecule has 0 aliphatic rings. The Morgan fingerprint density at radius 1 is 1.04 bits per heavy atom. The number of aromatic nitrogens is 2. The molecule has 0 saturated heterocycles. The largest absolute Gasteiger partial charge is 0.338 e. The highest BCUT2D eigenvalue weighted by Gasteiger charge is 2.10. The molecule has 0 bridgehead atoms. The van der Waals surface area contributed by atoms with Crippen molar-refractivity contribution < 1.29 is 9.18 Å². The number of amides is 1. The van der Waals surface area contributed by atoms with Crippen molar-refractivity contribution in [3.8, 4) is 0 Å². The van der Waals surface area contributed by atoms with E-state index in [0.717, 1.165) is 5.56 Å². The molecular weight excluding hydrogens is 307 g/mol. The molecule has 0 spiro atoms. The van der Waals surface area contributed by atoms with Gasteiger partial charge in [0.1, 0.15) is 23.7 Å². The fourth-order valence-electron chi connectivity index (χ4n) is 2.17. The van der Waals surface area contributed by atoms with Crippen LogP contribution in [0.5, 0.6) is 0 Å². The first-order valence-corrected chi connectivity index (χ1v) is 7.33. The van der Waals surface area contributed by atoms with E-state index in [4.69, 9.17) is 0 Å². The van der Waals surface area contributed by atoms with Crippen molar-refractivity contribution in [1.82, 2.24) is 9.97 Å². The maximum atomic E-state index is 13.7. The number of nitrogens with zero attached hydrogens (tertiary/aromatic N) is 2. The number of aryl methyl sites for hydroxylation is 1. The van der Waals surface area contributed by atoms with Crippen molar-refractivity contribution in [2.24, 2.45) is 0 Å². The zero-order valence-corrected chi connectivity index (χ0v) is 13.0. The molecule has 0 aliphatic heterocycles. The van der Waals surface area contributed by atoms with Crippen molar-refractivity contribution in [1.29, 1.82) is 0 Å². The lowest BCUT2D eigenvalue weighted by Crippen LogP contribution is -2.14. The van der Waals surface area contributed by atoms with Crippen LogP contribution in [0.25, 0.3) is 0 Å². The van der Waals surface area contributed by atoms with Crippen molar-refractivity contribution >= 4 is 23.1 Å². The third-order valence-corrected chi connectivity index (χ3v) is 3.31. The maximum absolute atomic E-state index is 13.7. The maximum Gasteiger partial charge on any atom is 0.274 e. The van der Waals surface area contributed by atoms with Gasteiger partial charge in [0.2, 0.25) is 0 Å². The van der Waals surface area contributed by atoms with Gasteiger partial charge in [-0.2, -0.15) is 0 Å². The Balaban J connectivity index is 1.77. The zero-order valence-electron chi connectivity index (χ0n) is 13.0. The van der Waals surface area contributed by atoms with Gasteiger partial charge in [0.15, 0.2) is 0 Å². The molecule has 120 valence electrons. The Hall–Kier alpha value is -3.28. The summed E-state index contributed by atoms with van der Waals surface area (Å²) in [6.07, 6.45) is 1.26. The molecule has 1 aromatic heterocycles. The normalized spacial score (nSPS) is 10.2. The number of rotatable bonds is 4. The van der Waals surface area contributed by atoms with Gasteiger partial charge >= 0.3 is 0 Å². The van der Waals surface area contributed by atoms with E-state index in [1.54, 1.807) is 24.3 Å². The predicted octanol–water partition coefficient (Wildman–Crippen LogP) is 3.92. The number of carbonyl (C=O) groups excluding carboxylic acids is 1. The van der Waals surface area contributed by atoms with Crippen LogP contribution in [0.1, 0.15) is 16.1 Å². The summed E-state index contributed by atoms with van der Waals surface area (Å²) in [6.45, 7) is 1.94. The number of para-hydroxylation sites is 1. The van der Waals surface area contributed by atoms with E-state index in [-0.39, 0.29) is 17.3 Å². The van der Waals surface area contributed by atoms with Gasteiger partial charge in [-0.15, -0.1) is 0 Å². The lowest BCUT2D eigenvalue weighted by atomic mass is 10.2. The second-order valence-corrected chi connectivity index (χ2v) is 5.22. The van der Waals surface area contributed by atoms with E-state index in [1.165, 1.54) is 18.5 Å². The van der Waals surface area contributed by atoms with Gasteiger partial charge in [-0.1, -0.05) is 24.3 Å². The smallest absolute Gasteiger partial charge is 0.274 e. The molecule has 24 heavy (non-hydrogen) atoms. The molecule has 0 fully saturated rings. The Morgan fingerprint density at radius 2 is 1.88 bits per heavy atom. The molecule has 0 saturated carbocycles. The molecule has 0 atom stereocenters. The summed E-state index contributed by atoms with van der Waals surface area (Å²) in [5.41, 5.74) is 2.19. The number of nitrogens with one attached hydrogen (secondary N) is 2. The van der Waals surface area contributed by atoms with Crippen LogP contribution in [-0.2, 0) is 0 Å². The van der Waals surface area contributed by atoms with Crippen LogP contribution in [0.2, 0.25) is 0 Å². The van der Waals surface area contributed by atoms with Crippen LogP contribution < -0.4 is 10.6 Å². The summed E-state index contributed by atoms with van der Waals surface area (Å²) in [7, 11) is 0. The van der Waals surface area contributed by atoms with E-state index < -0.39 is 5.82 Å². The van der Waals surface area contributed by atoms with Gasteiger partial charge in [-0.3, -0.25) is 4.79 Å². The van der Waals surface area contributed by atoms with Crippen molar-refractivity contribution in [3.63, 3.8) is 0 Å². The standard InChI is InChI=1S/C18H15FN4O/c1-12-5-4-6-13(9-12)22-18(24)16-10-17(21-11-20-16)23-15-8-3-2-7-14(15)19/h2-11H,1H3,(H,22,24)(H,20,21,23). The summed E-state index contributed by atoms with van der Waals surface area (Å²) < 4.78 is 13.7. The van der Waals surface area contributed by atoms with Gasteiger partial charge in [0.25, 0.3) is 5.91 Å². The summed E-state index contributed by atoms with van der Waals surface area (Å²) in [4.78, 5) is 20.3. The Bertz CT molecular complexity index is 882. The fourth-order valence-corrected chi connectivity index (χ4v) is 2.17. The molecule has 1 heterocycles. The van der Waals surface area contributed by atoms with Gasteiger partial charge in [-0.05, 0) is 36.8 Å². The number of carbonyl (C=O) groups is 1. The zero-order chi connectivity index (χ0) is 16.9. The molecule has 1 amide bonds. The van der Waals surface area contributed by atoms with Gasteiger partial charge in [0.05, 0.1) is 5.69 Å². The average Bonchev–Trinajstić information content (AvgIpc) is 2.57. The molecule has 3 aromatic rings. The average molecular weight is 322 g/mol. The highest BCUT2D eigenvalue weighted by atomic mass is 19.1. The number of hydrogen-bond acceptors (Lipinski definition) is 4. The first-order chi connectivity index (χ1) is 11.6. The fraction of sp³-hybridized carbons (Fsp3) is 0.0556. The van der Waals surface area contributed by atoms with Crippen molar-refractivity contribution in [2.45, 2.75) is 6.92 Å². The van der Waals surface area contributed by atoms with Gasteiger partial charge < -0.3 is 10.6 Å². The van der Waals surface area contributed by atoms with Crippen molar-refractivity contribution in [3.05, 3.63) is 78.0 Å². The summed E-state index contributed by atoms with van der Waals surface area (Å²) in [5, 5.41) is 5.60. The molecule has 0 aliphatic carbocycles. The van der Waals surface area contributed by atoms with Crippen LogP contribution in [0, 0.1) is 12.7 Å². The number of halogens is 1. The highest BCUT2D eigenvalue weighted by molar-refractivity contribution is 6.03. The monoisotopic (exact) mass is 322 g/mol. The Kier molecular flexibility index (Phi) is 4.47. The molecule has 3 rings (SSSR count). The summed E-state index contributed by atoms with van der Waals surface area (Å²) in [6, 6.07) is 15.2. The molecule has 2 N–H and O–H groups in total. The van der Waals surface area contributed by atoms with E-state index in [9.17, 15) is 9.18 Å². The topological polar surface area (TPSA) is 66.9 Å². The van der Waals surface area contributed by atoms with Crippen LogP contribution in [0.4, 0.5) is 21.6 Å². The Morgan fingerprint density at radius 3 is 2.67 bits per heavy atom. The third-order valence-electron chi connectivity index (χ3n) is 3.31. The quantitative estimate of drug-likeness (QED) is 0.764. The van der Waals surface area contributed by atoms with Crippen LogP contribution in [-0.4, -0.2) is 15.9 Å². The second kappa shape index (κ2) is 6.87. The molecule has 5 nitrogen and oxygen atoms in total. The van der Waals surface area contributed by atoms with Crippen LogP contribution >= 0.6 is 0 Å². The van der Waals surface area contributed by atoms with E-state index in [2.05, 4.69) is 20.6 Å². The SMILES string of the molecule is Cc1cccc(NC(=O)c2cc(Nc3ccccc3F)ncn2)c1. The Labute approximate surface area is 138 Å². The minimum absolute atomic E-state index is 0.186. The molecule has 0 radical (unpaired) electrons. The lowest BCUT2D eigenvalue weighted by molar-refractivity contribution is 0.102. The number of hydrogen-bond donors (Lipinski definition) is 2. The molecular formula is C18H15FN4O. The number of benzene rings is 2. The first-order valence-electron chi connectivity index (χ1n) is 7.33. The van der Waals surface area contributed by atoms with Crippen molar-refractivity contribution in [2.75, 3.05) is 10.6 Å². The van der Waals surface area contributed by atoms with E-state index in [1.807, 2.05) is 25.1 Å². The van der Waals surface area contributed by atoms with E-state index in [0.29, 0.717) is 11.5 Å². The second-order valence-electron chi connectivity index (χ2n) is 5.22. The highest BCUT2D eigenvalue weighted by Crippen LogP contribution is 2.18. The molecule has 2 aromatic carbocycles. The lowest BCUT2D eigenvalue weighted by Gasteiger charge is -2.08. The summed E-state index contributed by atoms with van der Waals surface area (Å²) in [5.74, 6) is -0.425. The third kappa shape index (κ3) is 3.73. The predicted molar refractivity (Wildman–Crippen MR) is 90.8 cm³/mol. The van der Waals surface area contributed by atoms with Gasteiger partial charge in [-0.25, -0.2) is 14.4 Å². The minimum atomic E-state index is -0.401. The van der Waals surface area contributed by atoms with Crippen LogP contribution in [0.15, 0.2) is 60.9 Å². The molecule has 0 unspecified atom stereocenters. The number of anilines is 3. The van der Waals surface area contributed by atoms with Gasteiger partial charge in [0, 0.05) is 11.8 Å².